The highest BCUT2D eigenvalue weighted by atomic mass is 16.4. The van der Waals surface area contributed by atoms with Crippen LogP contribution in [-0.2, 0) is 11.3 Å². The quantitative estimate of drug-likeness (QED) is 0.598. The SMILES string of the molecule is CCCN(CC(=O)Nc1ccccc1C)Cc1cc(=O)oc2cc(C)c(C)cc12. The van der Waals surface area contributed by atoms with Crippen molar-refractivity contribution in [3.8, 4) is 0 Å². The molecule has 29 heavy (non-hydrogen) atoms. The third-order valence-corrected chi connectivity index (χ3v) is 5.16. The summed E-state index contributed by atoms with van der Waals surface area (Å²) < 4.78 is 5.40. The molecule has 0 fully saturated rings. The highest BCUT2D eigenvalue weighted by Crippen LogP contribution is 2.23. The summed E-state index contributed by atoms with van der Waals surface area (Å²) in [6.07, 6.45) is 0.912. The zero-order valence-electron chi connectivity index (χ0n) is 17.5. The van der Waals surface area contributed by atoms with Gasteiger partial charge in [-0.2, -0.15) is 0 Å². The summed E-state index contributed by atoms with van der Waals surface area (Å²) in [6, 6.07) is 13.2. The Morgan fingerprint density at radius 3 is 2.48 bits per heavy atom. The van der Waals surface area contributed by atoms with Gasteiger partial charge in [0.05, 0.1) is 6.54 Å². The van der Waals surface area contributed by atoms with Crippen LogP contribution >= 0.6 is 0 Å². The van der Waals surface area contributed by atoms with Crippen molar-refractivity contribution < 1.29 is 9.21 Å². The third-order valence-electron chi connectivity index (χ3n) is 5.16. The van der Waals surface area contributed by atoms with Crippen LogP contribution in [0.5, 0.6) is 0 Å². The van der Waals surface area contributed by atoms with E-state index in [9.17, 15) is 9.59 Å². The topological polar surface area (TPSA) is 62.6 Å². The van der Waals surface area contributed by atoms with Gasteiger partial charge in [0.1, 0.15) is 5.58 Å². The molecule has 3 rings (SSSR count). The molecule has 3 aromatic rings. The van der Waals surface area contributed by atoms with Crippen LogP contribution in [-0.4, -0.2) is 23.9 Å². The van der Waals surface area contributed by atoms with Crippen molar-refractivity contribution in [3.05, 3.63) is 75.1 Å². The standard InChI is InChI=1S/C24H28N2O3/c1-5-10-26(15-23(27)25-21-9-7-6-8-16(21)2)14-19-13-24(28)29-22-12-18(4)17(3)11-20(19)22/h6-9,11-13H,5,10,14-15H2,1-4H3,(H,25,27). The van der Waals surface area contributed by atoms with Gasteiger partial charge >= 0.3 is 5.63 Å². The van der Waals surface area contributed by atoms with Gasteiger partial charge in [-0.3, -0.25) is 9.69 Å². The van der Waals surface area contributed by atoms with Gasteiger partial charge in [0, 0.05) is 23.7 Å². The molecule has 0 bridgehead atoms. The van der Waals surface area contributed by atoms with E-state index in [1.807, 2.05) is 51.1 Å². The molecule has 0 aliphatic heterocycles. The number of hydrogen-bond donors (Lipinski definition) is 1. The second-order valence-electron chi connectivity index (χ2n) is 7.60. The van der Waals surface area contributed by atoms with Crippen LogP contribution in [0, 0.1) is 20.8 Å². The molecule has 152 valence electrons. The smallest absolute Gasteiger partial charge is 0.336 e. The van der Waals surface area contributed by atoms with E-state index in [1.54, 1.807) is 6.07 Å². The largest absolute Gasteiger partial charge is 0.423 e. The molecule has 0 radical (unpaired) electrons. The number of fused-ring (bicyclic) bond motifs is 1. The molecule has 1 aromatic heterocycles. The molecule has 0 aliphatic rings. The van der Waals surface area contributed by atoms with Gasteiger partial charge in [-0.05, 0) is 74.2 Å². The van der Waals surface area contributed by atoms with Crippen LogP contribution < -0.4 is 10.9 Å². The first-order valence-corrected chi connectivity index (χ1v) is 9.99. The molecular formula is C24H28N2O3. The Bertz CT molecular complexity index is 1090. The highest BCUT2D eigenvalue weighted by Gasteiger charge is 2.15. The maximum atomic E-state index is 12.6. The molecule has 5 heteroatoms. The van der Waals surface area contributed by atoms with Crippen molar-refractivity contribution >= 4 is 22.6 Å². The van der Waals surface area contributed by atoms with Gasteiger partial charge in [-0.25, -0.2) is 4.79 Å². The Balaban J connectivity index is 1.83. The second-order valence-corrected chi connectivity index (χ2v) is 7.60. The molecule has 1 amide bonds. The van der Waals surface area contributed by atoms with Gasteiger partial charge in [0.25, 0.3) is 0 Å². The first kappa shape index (κ1) is 20.8. The summed E-state index contributed by atoms with van der Waals surface area (Å²) in [4.78, 5) is 26.8. The number of rotatable bonds is 7. The molecule has 0 atom stereocenters. The van der Waals surface area contributed by atoms with E-state index in [4.69, 9.17) is 4.42 Å². The monoisotopic (exact) mass is 392 g/mol. The fraction of sp³-hybridized carbons (Fsp3) is 0.333. The molecule has 1 heterocycles. The van der Waals surface area contributed by atoms with Crippen molar-refractivity contribution in [3.63, 3.8) is 0 Å². The molecule has 2 aromatic carbocycles. The zero-order valence-corrected chi connectivity index (χ0v) is 17.5. The molecule has 5 nitrogen and oxygen atoms in total. The van der Waals surface area contributed by atoms with Gasteiger partial charge in [0.2, 0.25) is 5.91 Å². The lowest BCUT2D eigenvalue weighted by atomic mass is 10.0. The molecule has 0 aliphatic carbocycles. The Labute approximate surface area is 171 Å². The number of nitrogens with zero attached hydrogens (tertiary/aromatic N) is 1. The first-order chi connectivity index (χ1) is 13.9. The van der Waals surface area contributed by atoms with E-state index in [2.05, 4.69) is 23.2 Å². The van der Waals surface area contributed by atoms with Gasteiger partial charge in [-0.1, -0.05) is 25.1 Å². The Hall–Kier alpha value is -2.92. The van der Waals surface area contributed by atoms with Crippen molar-refractivity contribution in [1.82, 2.24) is 4.90 Å². The second kappa shape index (κ2) is 9.05. The maximum Gasteiger partial charge on any atom is 0.336 e. The van der Waals surface area contributed by atoms with Gasteiger partial charge in [0.15, 0.2) is 0 Å². The molecule has 1 N–H and O–H groups in total. The lowest BCUT2D eigenvalue weighted by Gasteiger charge is -2.22. The number of carbonyl (C=O) groups excluding carboxylic acids is 1. The molecule has 0 unspecified atom stereocenters. The number of para-hydroxylation sites is 1. The number of benzene rings is 2. The van der Waals surface area contributed by atoms with E-state index < -0.39 is 0 Å². The predicted octanol–water partition coefficient (Wildman–Crippen LogP) is 4.57. The van der Waals surface area contributed by atoms with Crippen molar-refractivity contribution in [2.45, 2.75) is 40.7 Å². The van der Waals surface area contributed by atoms with Crippen LogP contribution in [0.15, 0.2) is 51.7 Å². The number of aryl methyl sites for hydroxylation is 3. The van der Waals surface area contributed by atoms with E-state index in [-0.39, 0.29) is 18.1 Å². The van der Waals surface area contributed by atoms with Gasteiger partial charge < -0.3 is 9.73 Å². The number of anilines is 1. The van der Waals surface area contributed by atoms with Crippen LogP contribution in [0.2, 0.25) is 0 Å². The van der Waals surface area contributed by atoms with Crippen molar-refractivity contribution in [2.24, 2.45) is 0 Å². The number of nitrogens with one attached hydrogen (secondary N) is 1. The van der Waals surface area contributed by atoms with Crippen LogP contribution in [0.25, 0.3) is 11.0 Å². The minimum atomic E-state index is -0.364. The summed E-state index contributed by atoms with van der Waals surface area (Å²) in [5.74, 6) is -0.0629. The summed E-state index contributed by atoms with van der Waals surface area (Å²) in [6.45, 7) is 9.63. The van der Waals surface area contributed by atoms with Gasteiger partial charge in [-0.15, -0.1) is 0 Å². The summed E-state index contributed by atoms with van der Waals surface area (Å²) >= 11 is 0. The van der Waals surface area contributed by atoms with E-state index in [0.717, 1.165) is 46.3 Å². The molecular weight excluding hydrogens is 364 g/mol. The third kappa shape index (κ3) is 5.12. The summed E-state index contributed by atoms with van der Waals surface area (Å²) in [7, 11) is 0. The van der Waals surface area contributed by atoms with Crippen LogP contribution in [0.4, 0.5) is 5.69 Å². The van der Waals surface area contributed by atoms with Crippen molar-refractivity contribution in [1.29, 1.82) is 0 Å². The fourth-order valence-electron chi connectivity index (χ4n) is 3.49. The Morgan fingerprint density at radius 2 is 1.76 bits per heavy atom. The molecule has 0 saturated heterocycles. The average Bonchev–Trinajstić information content (AvgIpc) is 2.65. The van der Waals surface area contributed by atoms with E-state index in [0.29, 0.717) is 12.1 Å². The fourth-order valence-corrected chi connectivity index (χ4v) is 3.49. The molecule has 0 spiro atoms. The highest BCUT2D eigenvalue weighted by molar-refractivity contribution is 5.93. The minimum Gasteiger partial charge on any atom is -0.423 e. The normalized spacial score (nSPS) is 11.2. The Morgan fingerprint density at radius 1 is 1.03 bits per heavy atom. The van der Waals surface area contributed by atoms with E-state index in [1.165, 1.54) is 0 Å². The number of hydrogen-bond acceptors (Lipinski definition) is 4. The summed E-state index contributed by atoms with van der Waals surface area (Å²) in [5.41, 5.74) is 5.20. The first-order valence-electron chi connectivity index (χ1n) is 9.99. The minimum absolute atomic E-state index is 0.0629. The number of amides is 1. The zero-order chi connectivity index (χ0) is 21.0. The lowest BCUT2D eigenvalue weighted by molar-refractivity contribution is -0.117. The predicted molar refractivity (Wildman–Crippen MR) is 117 cm³/mol. The summed E-state index contributed by atoms with van der Waals surface area (Å²) in [5, 5.41) is 3.91. The average molecular weight is 392 g/mol. The van der Waals surface area contributed by atoms with Crippen molar-refractivity contribution in [2.75, 3.05) is 18.4 Å². The number of carbonyl (C=O) groups is 1. The Kier molecular flexibility index (Phi) is 6.49. The van der Waals surface area contributed by atoms with E-state index >= 15 is 0 Å². The lowest BCUT2D eigenvalue weighted by Crippen LogP contribution is -2.33. The van der Waals surface area contributed by atoms with Crippen LogP contribution in [0.1, 0.15) is 35.6 Å². The molecule has 0 saturated carbocycles. The maximum absolute atomic E-state index is 12.6. The van der Waals surface area contributed by atoms with Crippen LogP contribution in [0.3, 0.4) is 0 Å².